The number of hydrogen-bond acceptors (Lipinski definition) is 3. The number of fused-ring (bicyclic) bond motifs is 1. The topological polar surface area (TPSA) is 37.8 Å². The largest absolute Gasteiger partial charge is 0.370 e. The number of pyridine rings is 2. The summed E-state index contributed by atoms with van der Waals surface area (Å²) in [5.74, 6) is 0.899. The van der Waals surface area contributed by atoms with E-state index in [2.05, 4.69) is 62.3 Å². The van der Waals surface area contributed by atoms with Crippen molar-refractivity contribution in [2.24, 2.45) is 0 Å². The zero-order chi connectivity index (χ0) is 17.1. The minimum atomic E-state index is 0.868. The van der Waals surface area contributed by atoms with E-state index >= 15 is 0 Å². The molecule has 0 radical (unpaired) electrons. The number of benzene rings is 1. The van der Waals surface area contributed by atoms with E-state index in [1.165, 1.54) is 28.7 Å². The van der Waals surface area contributed by atoms with Gasteiger partial charge in [0.05, 0.1) is 5.69 Å². The smallest absolute Gasteiger partial charge is 0.126 e. The van der Waals surface area contributed by atoms with Gasteiger partial charge in [0.2, 0.25) is 0 Å². The fourth-order valence-electron chi connectivity index (χ4n) is 3.15. The van der Waals surface area contributed by atoms with Crippen molar-refractivity contribution >= 4 is 16.6 Å². The molecule has 2 aromatic heterocycles. The van der Waals surface area contributed by atoms with Crippen LogP contribution in [-0.4, -0.2) is 16.5 Å². The Morgan fingerprint density at radius 3 is 2.38 bits per heavy atom. The Kier molecular flexibility index (Phi) is 4.79. The minimum Gasteiger partial charge on any atom is -0.370 e. The number of rotatable bonds is 5. The highest BCUT2D eigenvalue weighted by molar-refractivity contribution is 5.86. The van der Waals surface area contributed by atoms with E-state index in [-0.39, 0.29) is 0 Å². The highest BCUT2D eigenvalue weighted by Gasteiger charge is 2.09. The van der Waals surface area contributed by atoms with E-state index in [4.69, 9.17) is 4.98 Å². The van der Waals surface area contributed by atoms with Crippen LogP contribution in [0.4, 0.5) is 5.82 Å². The molecule has 0 saturated heterocycles. The first-order chi connectivity index (χ1) is 11.6. The summed E-state index contributed by atoms with van der Waals surface area (Å²) in [5.41, 5.74) is 6.30. The molecule has 0 aliphatic carbocycles. The molecule has 3 aromatic rings. The van der Waals surface area contributed by atoms with E-state index in [1.807, 2.05) is 12.4 Å². The maximum absolute atomic E-state index is 4.70. The summed E-state index contributed by atoms with van der Waals surface area (Å²) in [5, 5.41) is 5.48. The van der Waals surface area contributed by atoms with Crippen molar-refractivity contribution in [3.8, 4) is 11.3 Å². The first kappa shape index (κ1) is 16.4. The SMILES string of the molecule is CCCc1cc(C)c(-c2cc3cnc(NCC)cc3cn2)cc1C. The Balaban J connectivity index is 2.03. The van der Waals surface area contributed by atoms with Crippen molar-refractivity contribution in [2.75, 3.05) is 11.9 Å². The van der Waals surface area contributed by atoms with Gasteiger partial charge < -0.3 is 5.32 Å². The third-order valence-electron chi connectivity index (χ3n) is 4.44. The second-order valence-corrected chi connectivity index (χ2v) is 6.36. The average Bonchev–Trinajstić information content (AvgIpc) is 2.58. The third-order valence-corrected chi connectivity index (χ3v) is 4.44. The molecular formula is C21H25N3. The monoisotopic (exact) mass is 319 g/mol. The summed E-state index contributed by atoms with van der Waals surface area (Å²) >= 11 is 0. The van der Waals surface area contributed by atoms with Crippen LogP contribution in [0.1, 0.15) is 37.0 Å². The van der Waals surface area contributed by atoms with E-state index < -0.39 is 0 Å². The summed E-state index contributed by atoms with van der Waals surface area (Å²) < 4.78 is 0. The summed E-state index contributed by atoms with van der Waals surface area (Å²) in [6, 6.07) is 8.78. The van der Waals surface area contributed by atoms with Crippen LogP contribution in [-0.2, 0) is 6.42 Å². The van der Waals surface area contributed by atoms with Crippen molar-refractivity contribution in [1.29, 1.82) is 0 Å². The lowest BCUT2D eigenvalue weighted by atomic mass is 9.95. The molecule has 0 fully saturated rings. The number of aromatic nitrogens is 2. The number of nitrogens with zero attached hydrogens (tertiary/aromatic N) is 2. The van der Waals surface area contributed by atoms with Crippen molar-refractivity contribution in [3.05, 3.63) is 53.3 Å². The van der Waals surface area contributed by atoms with Gasteiger partial charge in [-0.3, -0.25) is 4.98 Å². The summed E-state index contributed by atoms with van der Waals surface area (Å²) in [4.78, 5) is 9.17. The van der Waals surface area contributed by atoms with Gasteiger partial charge in [-0.25, -0.2) is 4.98 Å². The maximum atomic E-state index is 4.70. The molecule has 1 aromatic carbocycles. The summed E-state index contributed by atoms with van der Waals surface area (Å²) in [6.07, 6.45) is 6.18. The molecular weight excluding hydrogens is 294 g/mol. The maximum Gasteiger partial charge on any atom is 0.126 e. The predicted molar refractivity (Wildman–Crippen MR) is 103 cm³/mol. The highest BCUT2D eigenvalue weighted by atomic mass is 15.0. The highest BCUT2D eigenvalue weighted by Crippen LogP contribution is 2.28. The number of hydrogen-bond donors (Lipinski definition) is 1. The molecule has 0 saturated carbocycles. The van der Waals surface area contributed by atoms with E-state index in [9.17, 15) is 0 Å². The van der Waals surface area contributed by atoms with Crippen LogP contribution < -0.4 is 5.32 Å². The lowest BCUT2D eigenvalue weighted by Gasteiger charge is -2.12. The summed E-state index contributed by atoms with van der Waals surface area (Å²) in [6.45, 7) is 9.53. The lowest BCUT2D eigenvalue weighted by molar-refractivity contribution is 0.911. The fourth-order valence-corrected chi connectivity index (χ4v) is 3.15. The van der Waals surface area contributed by atoms with Gasteiger partial charge in [0.1, 0.15) is 5.82 Å². The molecule has 3 rings (SSSR count). The van der Waals surface area contributed by atoms with E-state index in [0.29, 0.717) is 0 Å². The van der Waals surface area contributed by atoms with Crippen molar-refractivity contribution < 1.29 is 0 Å². The van der Waals surface area contributed by atoms with Gasteiger partial charge in [-0.1, -0.05) is 19.4 Å². The minimum absolute atomic E-state index is 0.868. The Bertz CT molecular complexity index is 868. The average molecular weight is 319 g/mol. The van der Waals surface area contributed by atoms with Crippen LogP contribution >= 0.6 is 0 Å². The van der Waals surface area contributed by atoms with Crippen LogP contribution in [0.3, 0.4) is 0 Å². The van der Waals surface area contributed by atoms with Gasteiger partial charge in [-0.2, -0.15) is 0 Å². The molecule has 0 unspecified atom stereocenters. The molecule has 2 heterocycles. The molecule has 24 heavy (non-hydrogen) atoms. The van der Waals surface area contributed by atoms with Crippen molar-refractivity contribution in [2.45, 2.75) is 40.5 Å². The van der Waals surface area contributed by atoms with Gasteiger partial charge in [0, 0.05) is 35.3 Å². The quantitative estimate of drug-likeness (QED) is 0.693. The van der Waals surface area contributed by atoms with E-state index in [1.54, 1.807) is 0 Å². The second-order valence-electron chi connectivity index (χ2n) is 6.36. The van der Waals surface area contributed by atoms with Gasteiger partial charge in [0.15, 0.2) is 0 Å². The van der Waals surface area contributed by atoms with Crippen LogP contribution in [0.2, 0.25) is 0 Å². The molecule has 3 heteroatoms. The molecule has 1 N–H and O–H groups in total. The van der Waals surface area contributed by atoms with Crippen LogP contribution in [0.15, 0.2) is 36.7 Å². The third kappa shape index (κ3) is 3.25. The molecule has 0 spiro atoms. The first-order valence-electron chi connectivity index (χ1n) is 8.72. The lowest BCUT2D eigenvalue weighted by Crippen LogP contribution is -1.99. The van der Waals surface area contributed by atoms with Gasteiger partial charge >= 0.3 is 0 Å². The van der Waals surface area contributed by atoms with Crippen LogP contribution in [0.25, 0.3) is 22.0 Å². The molecule has 124 valence electrons. The predicted octanol–water partition coefficient (Wildman–Crippen LogP) is 5.30. The standard InChI is InChI=1S/C21H25N3/c1-5-7-16-8-15(4)19(9-14(16)3)20-10-17-13-24-21(22-6-2)11-18(17)12-23-20/h8-13H,5-7H2,1-4H3,(H,22,24). The van der Waals surface area contributed by atoms with Crippen molar-refractivity contribution in [1.82, 2.24) is 9.97 Å². The fraction of sp³-hybridized carbons (Fsp3) is 0.333. The number of aryl methyl sites for hydroxylation is 3. The molecule has 0 bridgehead atoms. The molecule has 0 aliphatic rings. The Morgan fingerprint density at radius 1 is 0.875 bits per heavy atom. The van der Waals surface area contributed by atoms with Crippen molar-refractivity contribution in [3.63, 3.8) is 0 Å². The normalized spacial score (nSPS) is 11.0. The molecule has 3 nitrogen and oxygen atoms in total. The van der Waals surface area contributed by atoms with Gasteiger partial charge in [-0.15, -0.1) is 0 Å². The number of nitrogens with one attached hydrogen (secondary N) is 1. The molecule has 0 amide bonds. The van der Waals surface area contributed by atoms with Crippen LogP contribution in [0, 0.1) is 13.8 Å². The number of anilines is 1. The summed E-state index contributed by atoms with van der Waals surface area (Å²) in [7, 11) is 0. The Morgan fingerprint density at radius 2 is 1.62 bits per heavy atom. The first-order valence-corrected chi connectivity index (χ1v) is 8.72. The second kappa shape index (κ2) is 7.00. The molecule has 0 aliphatic heterocycles. The van der Waals surface area contributed by atoms with Crippen LogP contribution in [0.5, 0.6) is 0 Å². The Hall–Kier alpha value is -2.42. The van der Waals surface area contributed by atoms with Gasteiger partial charge in [-0.05, 0) is 62.1 Å². The van der Waals surface area contributed by atoms with E-state index in [0.717, 1.165) is 35.2 Å². The molecule has 0 atom stereocenters. The zero-order valence-corrected chi connectivity index (χ0v) is 15.0. The Labute approximate surface area is 144 Å². The zero-order valence-electron chi connectivity index (χ0n) is 15.0. The van der Waals surface area contributed by atoms with Gasteiger partial charge in [0.25, 0.3) is 0 Å².